The van der Waals surface area contributed by atoms with Gasteiger partial charge in [-0.25, -0.2) is 4.98 Å². The van der Waals surface area contributed by atoms with Crippen molar-refractivity contribution in [2.24, 2.45) is 11.7 Å². The van der Waals surface area contributed by atoms with Crippen molar-refractivity contribution in [3.63, 3.8) is 0 Å². The lowest BCUT2D eigenvalue weighted by atomic mass is 10.2. The minimum atomic E-state index is -2.97. The molecule has 1 unspecified atom stereocenters. The first-order chi connectivity index (χ1) is 14.9. The summed E-state index contributed by atoms with van der Waals surface area (Å²) in [7, 11) is 0. The minimum Gasteiger partial charge on any atom is -0.489 e. The third kappa shape index (κ3) is 5.13. The average molecular weight is 436 g/mol. The van der Waals surface area contributed by atoms with Crippen molar-refractivity contribution in [3.05, 3.63) is 29.7 Å². The van der Waals surface area contributed by atoms with E-state index in [1.807, 2.05) is 0 Å². The Kier molecular flexibility index (Phi) is 6.38. The predicted octanol–water partition coefficient (Wildman–Crippen LogP) is 2.80. The molecule has 0 radical (unpaired) electrons. The van der Waals surface area contributed by atoms with Crippen LogP contribution in [0.3, 0.4) is 0 Å². The van der Waals surface area contributed by atoms with E-state index in [1.54, 1.807) is 11.8 Å². The molecule has 1 aromatic heterocycles. The van der Waals surface area contributed by atoms with Gasteiger partial charge < -0.3 is 29.8 Å². The van der Waals surface area contributed by atoms with Gasteiger partial charge in [-0.15, -0.1) is 0 Å². The SMILES string of the molecule is CC(N)c1oc(-c2ccc(OC(F)F)c(OCC3CC3)c2)nc1C(=O)N1CCNCC1. The molecule has 1 atom stereocenters. The van der Waals surface area contributed by atoms with Gasteiger partial charge in [0, 0.05) is 31.7 Å². The zero-order valence-electron chi connectivity index (χ0n) is 17.3. The van der Waals surface area contributed by atoms with Crippen LogP contribution in [0, 0.1) is 5.92 Å². The molecule has 10 heteroatoms. The third-order valence-corrected chi connectivity index (χ3v) is 5.25. The summed E-state index contributed by atoms with van der Waals surface area (Å²) in [6.07, 6.45) is 2.11. The second-order valence-electron chi connectivity index (χ2n) is 7.86. The summed E-state index contributed by atoms with van der Waals surface area (Å²) in [5, 5.41) is 3.20. The maximum Gasteiger partial charge on any atom is 0.387 e. The molecular formula is C21H26F2N4O4. The van der Waals surface area contributed by atoms with Crippen LogP contribution >= 0.6 is 0 Å². The monoisotopic (exact) mass is 436 g/mol. The van der Waals surface area contributed by atoms with Gasteiger partial charge in [0.05, 0.1) is 12.6 Å². The lowest BCUT2D eigenvalue weighted by Gasteiger charge is -2.26. The van der Waals surface area contributed by atoms with Crippen LogP contribution in [0.15, 0.2) is 22.6 Å². The Morgan fingerprint density at radius 1 is 1.32 bits per heavy atom. The van der Waals surface area contributed by atoms with Gasteiger partial charge in [-0.1, -0.05) is 0 Å². The molecule has 2 fully saturated rings. The van der Waals surface area contributed by atoms with Crippen molar-refractivity contribution in [2.45, 2.75) is 32.4 Å². The molecule has 1 aromatic carbocycles. The lowest BCUT2D eigenvalue weighted by Crippen LogP contribution is -2.46. The molecule has 8 nitrogen and oxygen atoms in total. The first kappa shape index (κ1) is 21.5. The van der Waals surface area contributed by atoms with E-state index in [9.17, 15) is 13.6 Å². The van der Waals surface area contributed by atoms with Crippen LogP contribution in [0.2, 0.25) is 0 Å². The molecule has 3 N–H and O–H groups in total. The van der Waals surface area contributed by atoms with Crippen LogP contribution in [-0.4, -0.2) is 55.2 Å². The van der Waals surface area contributed by atoms with Crippen LogP contribution in [0.25, 0.3) is 11.5 Å². The first-order valence-electron chi connectivity index (χ1n) is 10.4. The van der Waals surface area contributed by atoms with Crippen molar-refractivity contribution in [2.75, 3.05) is 32.8 Å². The molecule has 168 valence electrons. The Morgan fingerprint density at radius 2 is 2.06 bits per heavy atom. The number of amides is 1. The minimum absolute atomic E-state index is 0.0597. The smallest absolute Gasteiger partial charge is 0.387 e. The van der Waals surface area contributed by atoms with Crippen LogP contribution in [0.4, 0.5) is 8.78 Å². The van der Waals surface area contributed by atoms with Crippen molar-refractivity contribution in [1.29, 1.82) is 0 Å². The number of ether oxygens (including phenoxy) is 2. The molecule has 1 amide bonds. The standard InChI is InChI=1S/C21H26F2N4O4/c1-12(24)18-17(20(28)27-8-6-25-7-9-27)26-19(31-18)14-4-5-15(30-21(22)23)16(10-14)29-11-13-2-3-13/h4-5,10,12-13,21,25H,2-3,6-9,11,24H2,1H3. The highest BCUT2D eigenvalue weighted by atomic mass is 19.3. The zero-order chi connectivity index (χ0) is 22.0. The van der Waals surface area contributed by atoms with E-state index in [2.05, 4.69) is 15.0 Å². The fourth-order valence-corrected chi connectivity index (χ4v) is 3.37. The van der Waals surface area contributed by atoms with Gasteiger partial charge in [0.2, 0.25) is 5.89 Å². The van der Waals surface area contributed by atoms with Crippen LogP contribution < -0.4 is 20.5 Å². The van der Waals surface area contributed by atoms with Crippen molar-refractivity contribution in [3.8, 4) is 23.0 Å². The summed E-state index contributed by atoms with van der Waals surface area (Å²) in [5.41, 5.74) is 6.67. The largest absolute Gasteiger partial charge is 0.489 e. The number of nitrogens with two attached hydrogens (primary N) is 1. The molecule has 0 spiro atoms. The van der Waals surface area contributed by atoms with E-state index < -0.39 is 12.7 Å². The average Bonchev–Trinajstić information content (AvgIpc) is 3.48. The fraction of sp³-hybridized carbons (Fsp3) is 0.524. The number of piperazine rings is 1. The molecule has 1 saturated heterocycles. The maximum atomic E-state index is 13.0. The summed E-state index contributed by atoms with van der Waals surface area (Å²) in [6.45, 7) is 1.71. The number of hydrogen-bond donors (Lipinski definition) is 2. The number of aromatic nitrogens is 1. The molecule has 1 aliphatic heterocycles. The van der Waals surface area contributed by atoms with Gasteiger partial charge in [0.25, 0.3) is 5.91 Å². The van der Waals surface area contributed by atoms with E-state index in [0.29, 0.717) is 44.3 Å². The molecule has 2 aromatic rings. The van der Waals surface area contributed by atoms with Gasteiger partial charge >= 0.3 is 6.61 Å². The topological polar surface area (TPSA) is 103 Å². The lowest BCUT2D eigenvalue weighted by molar-refractivity contribution is -0.0515. The van der Waals surface area contributed by atoms with Gasteiger partial charge in [-0.05, 0) is 43.9 Å². The number of carbonyl (C=O) groups is 1. The molecule has 4 rings (SSSR count). The number of halogens is 2. The van der Waals surface area contributed by atoms with Gasteiger partial charge in [-0.3, -0.25) is 4.79 Å². The summed E-state index contributed by atoms with van der Waals surface area (Å²) in [5.74, 6) is 0.762. The Labute approximate surface area is 178 Å². The Bertz CT molecular complexity index is 924. The summed E-state index contributed by atoms with van der Waals surface area (Å²) < 4.78 is 41.7. The van der Waals surface area contributed by atoms with E-state index in [1.165, 1.54) is 18.2 Å². The van der Waals surface area contributed by atoms with Crippen LogP contribution in [0.5, 0.6) is 11.5 Å². The molecule has 1 aliphatic carbocycles. The number of benzene rings is 1. The highest BCUT2D eigenvalue weighted by molar-refractivity contribution is 5.94. The Balaban J connectivity index is 1.64. The van der Waals surface area contributed by atoms with E-state index in [0.717, 1.165) is 12.8 Å². The van der Waals surface area contributed by atoms with Crippen molar-refractivity contribution >= 4 is 5.91 Å². The van der Waals surface area contributed by atoms with Crippen LogP contribution in [-0.2, 0) is 0 Å². The normalized spacial score (nSPS) is 17.6. The number of alkyl halides is 2. The molecule has 31 heavy (non-hydrogen) atoms. The van der Waals surface area contributed by atoms with Crippen molar-refractivity contribution in [1.82, 2.24) is 15.2 Å². The third-order valence-electron chi connectivity index (χ3n) is 5.25. The van der Waals surface area contributed by atoms with E-state index >= 15 is 0 Å². The zero-order valence-corrected chi connectivity index (χ0v) is 17.3. The molecular weight excluding hydrogens is 410 g/mol. The molecule has 2 heterocycles. The number of hydrogen-bond acceptors (Lipinski definition) is 7. The number of carbonyl (C=O) groups excluding carboxylic acids is 1. The quantitative estimate of drug-likeness (QED) is 0.656. The Morgan fingerprint density at radius 3 is 2.71 bits per heavy atom. The molecule has 2 aliphatic rings. The van der Waals surface area contributed by atoms with E-state index in [-0.39, 0.29) is 34.8 Å². The second kappa shape index (κ2) is 9.19. The van der Waals surface area contributed by atoms with Gasteiger partial charge in [-0.2, -0.15) is 8.78 Å². The molecule has 0 bridgehead atoms. The highest BCUT2D eigenvalue weighted by Crippen LogP contribution is 2.37. The maximum absolute atomic E-state index is 13.0. The fourth-order valence-electron chi connectivity index (χ4n) is 3.37. The van der Waals surface area contributed by atoms with E-state index in [4.69, 9.17) is 14.9 Å². The number of rotatable bonds is 8. The van der Waals surface area contributed by atoms with Gasteiger partial charge in [0.15, 0.2) is 23.0 Å². The summed E-state index contributed by atoms with van der Waals surface area (Å²) in [4.78, 5) is 19.1. The first-order valence-corrected chi connectivity index (χ1v) is 10.4. The number of oxazole rings is 1. The van der Waals surface area contributed by atoms with Gasteiger partial charge in [0.1, 0.15) is 0 Å². The van der Waals surface area contributed by atoms with Crippen molar-refractivity contribution < 1.29 is 27.5 Å². The summed E-state index contributed by atoms with van der Waals surface area (Å²) >= 11 is 0. The van der Waals surface area contributed by atoms with Crippen LogP contribution in [0.1, 0.15) is 42.1 Å². The predicted molar refractivity (Wildman–Crippen MR) is 108 cm³/mol. The number of nitrogens with zero attached hydrogens (tertiary/aromatic N) is 2. The second-order valence-corrected chi connectivity index (χ2v) is 7.86. The molecule has 1 saturated carbocycles. The Hall–Kier alpha value is -2.72. The summed E-state index contributed by atoms with van der Waals surface area (Å²) in [6, 6.07) is 3.92. The number of nitrogens with one attached hydrogen (secondary N) is 1. The highest BCUT2D eigenvalue weighted by Gasteiger charge is 2.29.